The third-order valence-electron chi connectivity index (χ3n) is 2.04. The maximum absolute atomic E-state index is 10.5. The molecule has 0 aliphatic heterocycles. The Morgan fingerprint density at radius 3 is 2.69 bits per heavy atom. The summed E-state index contributed by atoms with van der Waals surface area (Å²) in [7, 11) is 0. The van der Waals surface area contributed by atoms with Gasteiger partial charge >= 0.3 is 5.97 Å². The van der Waals surface area contributed by atoms with Crippen molar-refractivity contribution in [1.82, 2.24) is 14.8 Å². The number of hydrogen-bond donors (Lipinski definition) is 1. The third kappa shape index (κ3) is 3.52. The van der Waals surface area contributed by atoms with Crippen LogP contribution in [0, 0.1) is 0 Å². The highest BCUT2D eigenvalue weighted by molar-refractivity contribution is 7.99. The Kier molecular flexibility index (Phi) is 5.31. The number of carbonyl (C=O) groups is 1. The first-order valence-corrected chi connectivity index (χ1v) is 6.44. The average Bonchev–Trinajstić information content (AvgIpc) is 2.60. The van der Waals surface area contributed by atoms with E-state index in [4.69, 9.17) is 5.11 Å². The molecular formula is C10H17N3O2S. The quantitative estimate of drug-likeness (QED) is 0.740. The second-order valence-electron chi connectivity index (χ2n) is 3.48. The molecule has 1 rings (SSSR count). The van der Waals surface area contributed by atoms with Gasteiger partial charge in [-0.15, -0.1) is 10.2 Å². The number of nitrogens with zero attached hydrogens (tertiary/aromatic N) is 3. The van der Waals surface area contributed by atoms with E-state index >= 15 is 0 Å². The molecular weight excluding hydrogens is 226 g/mol. The van der Waals surface area contributed by atoms with Crippen molar-refractivity contribution in [2.75, 3.05) is 5.75 Å². The summed E-state index contributed by atoms with van der Waals surface area (Å²) in [6.07, 6.45) is 2.90. The molecule has 90 valence electrons. The lowest BCUT2D eigenvalue weighted by molar-refractivity contribution is -0.133. The lowest BCUT2D eigenvalue weighted by Gasteiger charge is -2.06. The molecule has 0 unspecified atom stereocenters. The first-order chi connectivity index (χ1) is 7.69. The van der Waals surface area contributed by atoms with Gasteiger partial charge in [0.2, 0.25) is 0 Å². The fraction of sp³-hybridized carbons (Fsp3) is 0.700. The SMILES string of the molecule is CCCc1nnc(SCC(=O)O)n1CCC. The van der Waals surface area contributed by atoms with Gasteiger partial charge in [0.25, 0.3) is 0 Å². The van der Waals surface area contributed by atoms with Crippen LogP contribution in [0.15, 0.2) is 5.16 Å². The monoisotopic (exact) mass is 243 g/mol. The molecule has 16 heavy (non-hydrogen) atoms. The Bertz CT molecular complexity index is 352. The molecule has 1 aromatic rings. The highest BCUT2D eigenvalue weighted by Crippen LogP contribution is 2.18. The summed E-state index contributed by atoms with van der Waals surface area (Å²) in [6.45, 7) is 5.03. The van der Waals surface area contributed by atoms with Gasteiger partial charge in [0.05, 0.1) is 5.75 Å². The van der Waals surface area contributed by atoms with Crippen LogP contribution < -0.4 is 0 Å². The van der Waals surface area contributed by atoms with Crippen LogP contribution in [0.4, 0.5) is 0 Å². The summed E-state index contributed by atoms with van der Waals surface area (Å²) in [4.78, 5) is 10.5. The zero-order valence-corrected chi connectivity index (χ0v) is 10.5. The zero-order chi connectivity index (χ0) is 12.0. The van der Waals surface area contributed by atoms with Crippen LogP contribution >= 0.6 is 11.8 Å². The van der Waals surface area contributed by atoms with Gasteiger partial charge in [0, 0.05) is 13.0 Å². The van der Waals surface area contributed by atoms with Crippen molar-refractivity contribution < 1.29 is 9.90 Å². The number of carboxylic acids is 1. The lowest BCUT2D eigenvalue weighted by Crippen LogP contribution is -2.06. The van der Waals surface area contributed by atoms with Crippen molar-refractivity contribution in [2.24, 2.45) is 0 Å². The smallest absolute Gasteiger partial charge is 0.313 e. The predicted octanol–water partition coefficient (Wildman–Crippen LogP) is 1.82. The fourth-order valence-corrected chi connectivity index (χ4v) is 2.11. The van der Waals surface area contributed by atoms with Crippen LogP contribution in [0.1, 0.15) is 32.5 Å². The molecule has 1 N–H and O–H groups in total. The van der Waals surface area contributed by atoms with E-state index in [2.05, 4.69) is 24.0 Å². The van der Waals surface area contributed by atoms with E-state index in [-0.39, 0.29) is 5.75 Å². The lowest BCUT2D eigenvalue weighted by atomic mass is 10.3. The summed E-state index contributed by atoms with van der Waals surface area (Å²) in [5.74, 6) is 0.166. The summed E-state index contributed by atoms with van der Waals surface area (Å²) in [5, 5.41) is 17.5. The molecule has 0 radical (unpaired) electrons. The van der Waals surface area contributed by atoms with E-state index in [1.54, 1.807) is 0 Å². The number of aromatic nitrogens is 3. The molecule has 6 heteroatoms. The molecule has 0 fully saturated rings. The second kappa shape index (κ2) is 6.52. The molecule has 5 nitrogen and oxygen atoms in total. The van der Waals surface area contributed by atoms with Gasteiger partial charge in [-0.25, -0.2) is 0 Å². The van der Waals surface area contributed by atoms with Crippen LogP contribution in [0.5, 0.6) is 0 Å². The molecule has 0 aromatic carbocycles. The van der Waals surface area contributed by atoms with E-state index in [1.807, 2.05) is 4.57 Å². The molecule has 0 atom stereocenters. The molecule has 0 amide bonds. The maximum Gasteiger partial charge on any atom is 0.313 e. The number of rotatable bonds is 7. The van der Waals surface area contributed by atoms with Crippen LogP contribution in [0.2, 0.25) is 0 Å². The number of aryl methyl sites for hydroxylation is 1. The molecule has 0 aliphatic carbocycles. The van der Waals surface area contributed by atoms with E-state index < -0.39 is 5.97 Å². The minimum atomic E-state index is -0.826. The second-order valence-corrected chi connectivity index (χ2v) is 4.43. The Hall–Kier alpha value is -1.04. The topological polar surface area (TPSA) is 68.0 Å². The first-order valence-electron chi connectivity index (χ1n) is 5.45. The largest absolute Gasteiger partial charge is 0.481 e. The van der Waals surface area contributed by atoms with Crippen molar-refractivity contribution in [1.29, 1.82) is 0 Å². The fourth-order valence-electron chi connectivity index (χ4n) is 1.41. The van der Waals surface area contributed by atoms with Crippen LogP contribution in [0.25, 0.3) is 0 Å². The van der Waals surface area contributed by atoms with Crippen LogP contribution in [0.3, 0.4) is 0 Å². The summed E-state index contributed by atoms with van der Waals surface area (Å²) in [5.41, 5.74) is 0. The Morgan fingerprint density at radius 2 is 2.12 bits per heavy atom. The minimum Gasteiger partial charge on any atom is -0.481 e. The Balaban J connectivity index is 2.77. The van der Waals surface area contributed by atoms with Gasteiger partial charge in [-0.05, 0) is 12.8 Å². The average molecular weight is 243 g/mol. The molecule has 0 saturated carbocycles. The molecule has 0 bridgehead atoms. The van der Waals surface area contributed by atoms with E-state index in [0.29, 0.717) is 5.16 Å². The summed E-state index contributed by atoms with van der Waals surface area (Å²) < 4.78 is 2.02. The van der Waals surface area contributed by atoms with Gasteiger partial charge in [0.1, 0.15) is 5.82 Å². The van der Waals surface area contributed by atoms with Crippen molar-refractivity contribution in [3.05, 3.63) is 5.82 Å². The normalized spacial score (nSPS) is 10.6. The van der Waals surface area contributed by atoms with E-state index in [0.717, 1.165) is 31.6 Å². The van der Waals surface area contributed by atoms with Crippen molar-refractivity contribution >= 4 is 17.7 Å². The molecule has 1 aromatic heterocycles. The molecule has 0 spiro atoms. The van der Waals surface area contributed by atoms with Crippen LogP contribution in [-0.4, -0.2) is 31.6 Å². The number of carboxylic acid groups (broad SMARTS) is 1. The zero-order valence-electron chi connectivity index (χ0n) is 9.64. The molecule has 0 saturated heterocycles. The number of aliphatic carboxylic acids is 1. The van der Waals surface area contributed by atoms with E-state index in [9.17, 15) is 4.79 Å². The Labute approximate surface area is 99.3 Å². The van der Waals surface area contributed by atoms with Crippen LogP contribution in [-0.2, 0) is 17.8 Å². The van der Waals surface area contributed by atoms with Gasteiger partial charge in [-0.3, -0.25) is 4.79 Å². The van der Waals surface area contributed by atoms with Gasteiger partial charge in [-0.1, -0.05) is 25.6 Å². The first kappa shape index (κ1) is 13.0. The number of hydrogen-bond acceptors (Lipinski definition) is 4. The summed E-state index contributed by atoms with van der Waals surface area (Å²) in [6, 6.07) is 0. The highest BCUT2D eigenvalue weighted by atomic mass is 32.2. The minimum absolute atomic E-state index is 0.0357. The predicted molar refractivity (Wildman–Crippen MR) is 62.7 cm³/mol. The summed E-state index contributed by atoms with van der Waals surface area (Å²) >= 11 is 1.23. The van der Waals surface area contributed by atoms with Crippen molar-refractivity contribution in [2.45, 2.75) is 44.8 Å². The molecule has 0 aliphatic rings. The van der Waals surface area contributed by atoms with Crippen molar-refractivity contribution in [3.8, 4) is 0 Å². The Morgan fingerprint density at radius 1 is 1.38 bits per heavy atom. The van der Waals surface area contributed by atoms with Crippen molar-refractivity contribution in [3.63, 3.8) is 0 Å². The highest BCUT2D eigenvalue weighted by Gasteiger charge is 2.12. The van der Waals surface area contributed by atoms with Gasteiger partial charge < -0.3 is 9.67 Å². The number of thioether (sulfide) groups is 1. The van der Waals surface area contributed by atoms with E-state index in [1.165, 1.54) is 11.8 Å². The third-order valence-corrected chi connectivity index (χ3v) is 2.99. The maximum atomic E-state index is 10.5. The van der Waals surface area contributed by atoms with Gasteiger partial charge in [-0.2, -0.15) is 0 Å². The van der Waals surface area contributed by atoms with Gasteiger partial charge in [0.15, 0.2) is 5.16 Å². The standard InChI is InChI=1S/C10H17N3O2S/c1-3-5-8-11-12-10(13(8)6-4-2)16-7-9(14)15/h3-7H2,1-2H3,(H,14,15). The molecule has 1 heterocycles.